The van der Waals surface area contributed by atoms with Crippen LogP contribution >= 0.6 is 0 Å². The van der Waals surface area contributed by atoms with Crippen molar-refractivity contribution < 1.29 is 9.53 Å². The van der Waals surface area contributed by atoms with Crippen LogP contribution in [0.5, 0.6) is 0 Å². The second-order valence-corrected chi connectivity index (χ2v) is 4.50. The van der Waals surface area contributed by atoms with Crippen molar-refractivity contribution in [3.8, 4) is 0 Å². The number of aromatic nitrogens is 3. The first-order chi connectivity index (χ1) is 8.47. The van der Waals surface area contributed by atoms with E-state index in [1.165, 1.54) is 0 Å². The Morgan fingerprint density at radius 1 is 1.39 bits per heavy atom. The van der Waals surface area contributed by atoms with Crippen molar-refractivity contribution in [3.05, 3.63) is 11.6 Å². The van der Waals surface area contributed by atoms with Crippen LogP contribution in [0, 0.1) is 0 Å². The molecular formula is C12H22N4O2. The Balaban J connectivity index is 2.56. The molecule has 0 aliphatic rings. The van der Waals surface area contributed by atoms with Crippen molar-refractivity contribution >= 4 is 5.91 Å². The van der Waals surface area contributed by atoms with Gasteiger partial charge in [0, 0.05) is 19.6 Å². The standard InChI is InChI=1S/C12H22N4O2/c1-6-18-9(4)12(17)13-7-10-14-15-11(8(2)3)16(10)5/h8-9H,6-7H2,1-5H3,(H,13,17)/t9-/m0/s1. The lowest BCUT2D eigenvalue weighted by molar-refractivity contribution is -0.131. The Morgan fingerprint density at radius 3 is 2.56 bits per heavy atom. The Hall–Kier alpha value is -1.43. The summed E-state index contributed by atoms with van der Waals surface area (Å²) in [6, 6.07) is 0. The first-order valence-electron chi connectivity index (χ1n) is 6.24. The zero-order valence-electron chi connectivity index (χ0n) is 11.7. The summed E-state index contributed by atoms with van der Waals surface area (Å²) in [4.78, 5) is 11.7. The summed E-state index contributed by atoms with van der Waals surface area (Å²) in [5, 5.41) is 11.0. The van der Waals surface area contributed by atoms with Crippen LogP contribution in [-0.2, 0) is 23.1 Å². The number of rotatable bonds is 6. The lowest BCUT2D eigenvalue weighted by atomic mass is 10.2. The zero-order chi connectivity index (χ0) is 13.7. The average molecular weight is 254 g/mol. The van der Waals surface area contributed by atoms with Crippen LogP contribution in [0.15, 0.2) is 0 Å². The van der Waals surface area contributed by atoms with Crippen LogP contribution in [0.1, 0.15) is 45.3 Å². The number of hydrogen-bond acceptors (Lipinski definition) is 4. The lowest BCUT2D eigenvalue weighted by Gasteiger charge is -2.12. The Bertz CT molecular complexity index is 401. The van der Waals surface area contributed by atoms with Crippen molar-refractivity contribution in [3.63, 3.8) is 0 Å². The first kappa shape index (κ1) is 14.6. The van der Waals surface area contributed by atoms with Gasteiger partial charge in [0.2, 0.25) is 5.91 Å². The lowest BCUT2D eigenvalue weighted by Crippen LogP contribution is -2.34. The van der Waals surface area contributed by atoms with Gasteiger partial charge in [-0.2, -0.15) is 0 Å². The third-order valence-electron chi connectivity index (χ3n) is 2.72. The highest BCUT2D eigenvalue weighted by Crippen LogP contribution is 2.11. The molecule has 0 saturated carbocycles. The number of nitrogens with one attached hydrogen (secondary N) is 1. The third kappa shape index (κ3) is 3.53. The number of amides is 1. The summed E-state index contributed by atoms with van der Waals surface area (Å²) in [7, 11) is 1.91. The number of nitrogens with zero attached hydrogens (tertiary/aromatic N) is 3. The smallest absolute Gasteiger partial charge is 0.249 e. The monoisotopic (exact) mass is 254 g/mol. The second-order valence-electron chi connectivity index (χ2n) is 4.50. The molecule has 102 valence electrons. The fourth-order valence-corrected chi connectivity index (χ4v) is 1.67. The normalized spacial score (nSPS) is 12.8. The van der Waals surface area contributed by atoms with E-state index in [0.29, 0.717) is 19.1 Å². The molecule has 1 aromatic rings. The molecule has 1 atom stereocenters. The van der Waals surface area contributed by atoms with Gasteiger partial charge >= 0.3 is 0 Å². The van der Waals surface area contributed by atoms with Crippen LogP contribution in [0.3, 0.4) is 0 Å². The highest BCUT2D eigenvalue weighted by molar-refractivity contribution is 5.80. The van der Waals surface area contributed by atoms with E-state index < -0.39 is 6.10 Å². The number of carbonyl (C=O) groups is 1. The molecule has 1 rings (SSSR count). The predicted molar refractivity (Wildman–Crippen MR) is 68.0 cm³/mol. The van der Waals surface area contributed by atoms with Crippen molar-refractivity contribution in [1.82, 2.24) is 20.1 Å². The van der Waals surface area contributed by atoms with Gasteiger partial charge in [0.05, 0.1) is 6.54 Å². The van der Waals surface area contributed by atoms with E-state index in [1.54, 1.807) is 6.92 Å². The highest BCUT2D eigenvalue weighted by Gasteiger charge is 2.15. The minimum atomic E-state index is -0.437. The fourth-order valence-electron chi connectivity index (χ4n) is 1.67. The summed E-state index contributed by atoms with van der Waals surface area (Å²) in [5.41, 5.74) is 0. The maximum absolute atomic E-state index is 11.7. The molecule has 0 unspecified atom stereocenters. The van der Waals surface area contributed by atoms with E-state index in [9.17, 15) is 4.79 Å². The quantitative estimate of drug-likeness (QED) is 0.821. The topological polar surface area (TPSA) is 69.0 Å². The van der Waals surface area contributed by atoms with Gasteiger partial charge < -0.3 is 14.6 Å². The molecule has 18 heavy (non-hydrogen) atoms. The molecule has 1 N–H and O–H groups in total. The second kappa shape index (κ2) is 6.49. The van der Waals surface area contributed by atoms with Gasteiger partial charge in [-0.05, 0) is 13.8 Å². The molecule has 0 spiro atoms. The summed E-state index contributed by atoms with van der Waals surface area (Å²) < 4.78 is 7.12. The molecule has 0 saturated heterocycles. The molecule has 6 heteroatoms. The van der Waals surface area contributed by atoms with Gasteiger partial charge in [0.15, 0.2) is 5.82 Å². The molecule has 0 aliphatic heterocycles. The molecule has 0 fully saturated rings. The molecule has 1 aromatic heterocycles. The first-order valence-corrected chi connectivity index (χ1v) is 6.24. The van der Waals surface area contributed by atoms with Crippen molar-refractivity contribution in [2.75, 3.05) is 6.61 Å². The zero-order valence-corrected chi connectivity index (χ0v) is 11.7. The van der Waals surface area contributed by atoms with Crippen molar-refractivity contribution in [2.45, 2.75) is 46.3 Å². The molecule has 1 heterocycles. The van der Waals surface area contributed by atoms with Crippen LogP contribution < -0.4 is 5.32 Å². The Morgan fingerprint density at radius 2 is 2.06 bits per heavy atom. The van der Waals surface area contributed by atoms with Gasteiger partial charge in [-0.3, -0.25) is 4.79 Å². The molecule has 0 bridgehead atoms. The molecule has 0 radical (unpaired) electrons. The third-order valence-corrected chi connectivity index (χ3v) is 2.72. The average Bonchev–Trinajstić information content (AvgIpc) is 2.68. The Kier molecular flexibility index (Phi) is 5.27. The van der Waals surface area contributed by atoms with Crippen LogP contribution in [-0.4, -0.2) is 33.4 Å². The maximum Gasteiger partial charge on any atom is 0.249 e. The maximum atomic E-state index is 11.7. The summed E-state index contributed by atoms with van der Waals surface area (Å²) in [6.07, 6.45) is -0.437. The minimum absolute atomic E-state index is 0.133. The summed E-state index contributed by atoms with van der Waals surface area (Å²) in [6.45, 7) is 8.60. The number of ether oxygens (including phenoxy) is 1. The molecule has 1 amide bonds. The Labute approximate surface area is 108 Å². The molecule has 6 nitrogen and oxygen atoms in total. The van der Waals surface area contributed by atoms with Gasteiger partial charge in [-0.1, -0.05) is 13.8 Å². The van der Waals surface area contributed by atoms with Gasteiger partial charge in [-0.15, -0.1) is 10.2 Å². The largest absolute Gasteiger partial charge is 0.369 e. The minimum Gasteiger partial charge on any atom is -0.369 e. The van der Waals surface area contributed by atoms with Crippen LogP contribution in [0.25, 0.3) is 0 Å². The summed E-state index contributed by atoms with van der Waals surface area (Å²) >= 11 is 0. The van der Waals surface area contributed by atoms with Crippen molar-refractivity contribution in [1.29, 1.82) is 0 Å². The molecular weight excluding hydrogens is 232 g/mol. The van der Waals surface area contributed by atoms with Crippen LogP contribution in [0.4, 0.5) is 0 Å². The van der Waals surface area contributed by atoms with Gasteiger partial charge in [-0.25, -0.2) is 0 Å². The van der Waals surface area contributed by atoms with Crippen molar-refractivity contribution in [2.24, 2.45) is 7.05 Å². The van der Waals surface area contributed by atoms with Gasteiger partial charge in [0.25, 0.3) is 0 Å². The van der Waals surface area contributed by atoms with Crippen LogP contribution in [0.2, 0.25) is 0 Å². The van der Waals surface area contributed by atoms with Gasteiger partial charge in [0.1, 0.15) is 11.9 Å². The number of carbonyl (C=O) groups excluding carboxylic acids is 1. The van der Waals surface area contributed by atoms with E-state index in [1.807, 2.05) is 18.5 Å². The molecule has 0 aliphatic carbocycles. The summed E-state index contributed by atoms with van der Waals surface area (Å²) in [5.74, 6) is 1.84. The van der Waals surface area contributed by atoms with E-state index in [0.717, 1.165) is 11.6 Å². The predicted octanol–water partition coefficient (Wildman–Crippen LogP) is 0.980. The SMILES string of the molecule is CCO[C@@H](C)C(=O)NCc1nnc(C(C)C)n1C. The highest BCUT2D eigenvalue weighted by atomic mass is 16.5. The van der Waals surface area contributed by atoms with E-state index >= 15 is 0 Å². The molecule has 0 aromatic carbocycles. The van der Waals surface area contributed by atoms with E-state index in [-0.39, 0.29) is 5.91 Å². The fraction of sp³-hybridized carbons (Fsp3) is 0.750. The van der Waals surface area contributed by atoms with E-state index in [4.69, 9.17) is 4.74 Å². The van der Waals surface area contributed by atoms with E-state index in [2.05, 4.69) is 29.4 Å². The number of hydrogen-bond donors (Lipinski definition) is 1.